The highest BCUT2D eigenvalue weighted by atomic mass is 32.3. The van der Waals surface area contributed by atoms with Gasteiger partial charge >= 0.3 is 10.4 Å². The highest BCUT2D eigenvalue weighted by Crippen LogP contribution is 2.14. The van der Waals surface area contributed by atoms with Gasteiger partial charge in [-0.25, -0.2) is 0 Å². The maximum Gasteiger partial charge on any atom is 0.394 e. The second kappa shape index (κ2) is 23.9. The summed E-state index contributed by atoms with van der Waals surface area (Å²) >= 11 is 0. The summed E-state index contributed by atoms with van der Waals surface area (Å²) in [5.41, 5.74) is 0. The van der Waals surface area contributed by atoms with Crippen molar-refractivity contribution in [2.24, 2.45) is 0 Å². The molecule has 27 heavy (non-hydrogen) atoms. The van der Waals surface area contributed by atoms with Crippen molar-refractivity contribution < 1.29 is 17.5 Å². The molecule has 0 aliphatic heterocycles. The van der Waals surface area contributed by atoms with E-state index in [4.69, 9.17) is 17.5 Å². The molecule has 0 fully saturated rings. The van der Waals surface area contributed by atoms with Gasteiger partial charge in [-0.2, -0.15) is 8.42 Å². The monoisotopic (exact) mass is 408 g/mol. The van der Waals surface area contributed by atoms with Crippen LogP contribution < -0.4 is 0 Å². The second-order valence-corrected chi connectivity index (χ2v) is 8.71. The van der Waals surface area contributed by atoms with Crippen molar-refractivity contribution in [2.75, 3.05) is 0 Å². The van der Waals surface area contributed by atoms with E-state index in [1.54, 1.807) is 0 Å². The van der Waals surface area contributed by atoms with Gasteiger partial charge in [0.2, 0.25) is 0 Å². The first-order valence-corrected chi connectivity index (χ1v) is 13.0. The molecule has 0 bridgehead atoms. The smallest absolute Gasteiger partial charge is 0.264 e. The molecule has 0 heterocycles. The van der Waals surface area contributed by atoms with Gasteiger partial charge in [0, 0.05) is 0 Å². The van der Waals surface area contributed by atoms with Gasteiger partial charge in [-0.15, -0.1) is 0 Å². The standard InChI is InChI=1S/C22H46.H2O4S/c1-3-5-7-9-11-13-15-17-19-21-22-20-18-16-14-12-10-8-6-4-2;1-5(2,3)4/h3-22H2,1-2H3;(H2,1,2,3,4). The fraction of sp³-hybridized carbons (Fsp3) is 1.00. The predicted octanol–water partition coefficient (Wildman–Crippen LogP) is 8.18. The minimum atomic E-state index is -4.67. The molecule has 2 N–H and O–H groups in total. The fourth-order valence-corrected chi connectivity index (χ4v) is 3.33. The van der Waals surface area contributed by atoms with Gasteiger partial charge in [-0.05, 0) is 0 Å². The minimum absolute atomic E-state index is 1.37. The summed E-state index contributed by atoms with van der Waals surface area (Å²) in [5, 5.41) is 0. The van der Waals surface area contributed by atoms with E-state index in [1.165, 1.54) is 128 Å². The molecule has 0 aliphatic rings. The van der Waals surface area contributed by atoms with Crippen molar-refractivity contribution in [2.45, 2.75) is 142 Å². The lowest BCUT2D eigenvalue weighted by atomic mass is 10.0. The van der Waals surface area contributed by atoms with Crippen LogP contribution in [0.25, 0.3) is 0 Å². The Bertz CT molecular complexity index is 327. The van der Waals surface area contributed by atoms with Crippen molar-refractivity contribution in [3.8, 4) is 0 Å². The molecule has 0 radical (unpaired) electrons. The van der Waals surface area contributed by atoms with E-state index >= 15 is 0 Å². The van der Waals surface area contributed by atoms with E-state index in [0.29, 0.717) is 0 Å². The largest absolute Gasteiger partial charge is 0.394 e. The Labute approximate surface area is 170 Å². The quantitative estimate of drug-likeness (QED) is 0.167. The van der Waals surface area contributed by atoms with E-state index in [0.717, 1.165) is 0 Å². The SMILES string of the molecule is CCCCCCCCCCCCCCCCCCCCCC.O=S(=O)(O)O. The molecule has 0 rings (SSSR count). The molecular formula is C22H48O4S. The Kier molecular flexibility index (Phi) is 25.7. The molecular weight excluding hydrogens is 360 g/mol. The zero-order chi connectivity index (χ0) is 20.6. The van der Waals surface area contributed by atoms with Crippen LogP contribution in [0.1, 0.15) is 142 Å². The van der Waals surface area contributed by atoms with Crippen molar-refractivity contribution >= 4 is 10.4 Å². The summed E-state index contributed by atoms with van der Waals surface area (Å²) in [6, 6.07) is 0. The van der Waals surface area contributed by atoms with E-state index in [2.05, 4.69) is 13.8 Å². The third-order valence-electron chi connectivity index (χ3n) is 4.96. The molecule has 0 aromatic rings. The Morgan fingerprint density at radius 2 is 0.519 bits per heavy atom. The summed E-state index contributed by atoms with van der Waals surface area (Å²) in [6.07, 6.45) is 29.4. The van der Waals surface area contributed by atoms with Crippen LogP contribution in [0.15, 0.2) is 0 Å². The van der Waals surface area contributed by atoms with Gasteiger partial charge < -0.3 is 0 Å². The molecule has 0 saturated heterocycles. The first-order valence-electron chi connectivity index (χ1n) is 11.6. The van der Waals surface area contributed by atoms with Gasteiger partial charge in [-0.3, -0.25) is 9.11 Å². The van der Waals surface area contributed by atoms with Crippen LogP contribution >= 0.6 is 0 Å². The van der Waals surface area contributed by atoms with Crippen LogP contribution in [0.4, 0.5) is 0 Å². The molecule has 4 nitrogen and oxygen atoms in total. The second-order valence-electron chi connectivity index (χ2n) is 7.81. The first kappa shape index (κ1) is 29.1. The van der Waals surface area contributed by atoms with Crippen molar-refractivity contribution in [1.29, 1.82) is 0 Å². The summed E-state index contributed by atoms with van der Waals surface area (Å²) < 4.78 is 31.6. The third-order valence-corrected chi connectivity index (χ3v) is 4.96. The van der Waals surface area contributed by atoms with Crippen LogP contribution in [0, 0.1) is 0 Å². The van der Waals surface area contributed by atoms with E-state index in [9.17, 15) is 0 Å². The van der Waals surface area contributed by atoms with Gasteiger partial charge in [0.1, 0.15) is 0 Å². The Hall–Kier alpha value is -0.130. The van der Waals surface area contributed by atoms with Crippen LogP contribution in [0.2, 0.25) is 0 Å². The molecule has 0 saturated carbocycles. The maximum atomic E-state index is 8.74. The molecule has 0 amide bonds. The molecule has 0 atom stereocenters. The summed E-state index contributed by atoms with van der Waals surface area (Å²) in [4.78, 5) is 0. The zero-order valence-electron chi connectivity index (χ0n) is 18.3. The Morgan fingerprint density at radius 3 is 0.630 bits per heavy atom. The lowest BCUT2D eigenvalue weighted by Gasteiger charge is -2.03. The van der Waals surface area contributed by atoms with E-state index < -0.39 is 10.4 Å². The Morgan fingerprint density at radius 1 is 0.407 bits per heavy atom. The number of rotatable bonds is 19. The highest BCUT2D eigenvalue weighted by molar-refractivity contribution is 7.79. The lowest BCUT2D eigenvalue weighted by molar-refractivity contribution is 0.381. The molecule has 0 aliphatic carbocycles. The number of hydrogen-bond acceptors (Lipinski definition) is 2. The summed E-state index contributed by atoms with van der Waals surface area (Å²) in [6.45, 7) is 4.60. The summed E-state index contributed by atoms with van der Waals surface area (Å²) in [7, 11) is -4.67. The molecule has 0 unspecified atom stereocenters. The number of hydrogen-bond donors (Lipinski definition) is 2. The van der Waals surface area contributed by atoms with Crippen LogP contribution in [0.5, 0.6) is 0 Å². The van der Waals surface area contributed by atoms with Crippen LogP contribution in [-0.2, 0) is 10.4 Å². The molecule has 0 spiro atoms. The van der Waals surface area contributed by atoms with Gasteiger partial charge in [0.05, 0.1) is 0 Å². The van der Waals surface area contributed by atoms with Crippen LogP contribution in [-0.4, -0.2) is 17.5 Å². The average Bonchev–Trinajstić information content (AvgIpc) is 2.59. The predicted molar refractivity (Wildman–Crippen MR) is 118 cm³/mol. The lowest BCUT2D eigenvalue weighted by Crippen LogP contribution is -1.89. The highest BCUT2D eigenvalue weighted by Gasteiger charge is 1.94. The van der Waals surface area contributed by atoms with Gasteiger partial charge in [0.25, 0.3) is 0 Å². The zero-order valence-corrected chi connectivity index (χ0v) is 19.1. The van der Waals surface area contributed by atoms with E-state index in [1.807, 2.05) is 0 Å². The molecule has 0 aromatic carbocycles. The molecule has 0 aromatic heterocycles. The Balaban J connectivity index is 0. The van der Waals surface area contributed by atoms with Crippen LogP contribution in [0.3, 0.4) is 0 Å². The minimum Gasteiger partial charge on any atom is -0.264 e. The van der Waals surface area contributed by atoms with E-state index in [-0.39, 0.29) is 0 Å². The maximum absolute atomic E-state index is 8.74. The normalized spacial score (nSPS) is 11.3. The van der Waals surface area contributed by atoms with Crippen molar-refractivity contribution in [1.82, 2.24) is 0 Å². The van der Waals surface area contributed by atoms with Crippen molar-refractivity contribution in [3.05, 3.63) is 0 Å². The topological polar surface area (TPSA) is 74.6 Å². The molecule has 5 heteroatoms. The van der Waals surface area contributed by atoms with Gasteiger partial charge in [0.15, 0.2) is 0 Å². The summed E-state index contributed by atoms with van der Waals surface area (Å²) in [5.74, 6) is 0. The third kappa shape index (κ3) is 41.4. The first-order chi connectivity index (χ1) is 12.9. The average molecular weight is 409 g/mol. The van der Waals surface area contributed by atoms with Crippen molar-refractivity contribution in [3.63, 3.8) is 0 Å². The van der Waals surface area contributed by atoms with Gasteiger partial charge in [-0.1, -0.05) is 142 Å². The number of unbranched alkanes of at least 4 members (excludes halogenated alkanes) is 19. The molecule has 166 valence electrons. The fourth-order valence-electron chi connectivity index (χ4n) is 3.33.